The minimum Gasteiger partial charge on any atom is -0.493 e. The Morgan fingerprint density at radius 3 is 2.32 bits per heavy atom. The summed E-state index contributed by atoms with van der Waals surface area (Å²) < 4.78 is 16.1. The van der Waals surface area contributed by atoms with Gasteiger partial charge in [-0.1, -0.05) is 0 Å². The lowest BCUT2D eigenvalue weighted by atomic mass is 9.77. The van der Waals surface area contributed by atoms with Crippen molar-refractivity contribution in [2.24, 2.45) is 0 Å². The van der Waals surface area contributed by atoms with Crippen LogP contribution in [0.1, 0.15) is 28.8 Å². The van der Waals surface area contributed by atoms with Crippen LogP contribution in [0, 0.1) is 0 Å². The molecule has 1 N–H and O–H groups in total. The summed E-state index contributed by atoms with van der Waals surface area (Å²) >= 11 is 0. The van der Waals surface area contributed by atoms with E-state index in [0.29, 0.717) is 42.3 Å². The topological polar surface area (TPSA) is 81.1 Å². The predicted molar refractivity (Wildman–Crippen MR) is 104 cm³/mol. The molecule has 0 bridgehead atoms. The van der Waals surface area contributed by atoms with E-state index in [1.807, 2.05) is 17.0 Å². The van der Waals surface area contributed by atoms with Gasteiger partial charge in [-0.15, -0.1) is 0 Å². The lowest BCUT2D eigenvalue weighted by Crippen LogP contribution is -2.35. The van der Waals surface area contributed by atoms with Crippen LogP contribution in [0.5, 0.6) is 17.2 Å². The summed E-state index contributed by atoms with van der Waals surface area (Å²) in [5.41, 5.74) is 1.30. The second-order valence-electron chi connectivity index (χ2n) is 6.88. The number of aromatic nitrogens is 1. The quantitative estimate of drug-likeness (QED) is 0.786. The first kappa shape index (κ1) is 19.9. The van der Waals surface area contributed by atoms with Crippen LogP contribution in [-0.4, -0.2) is 61.9 Å². The summed E-state index contributed by atoms with van der Waals surface area (Å²) in [6.07, 6.45) is 4.88. The molecular weight excluding hydrogens is 360 g/mol. The van der Waals surface area contributed by atoms with Crippen LogP contribution in [-0.2, 0) is 5.41 Å². The molecule has 1 amide bonds. The van der Waals surface area contributed by atoms with Gasteiger partial charge in [-0.05, 0) is 42.7 Å². The summed E-state index contributed by atoms with van der Waals surface area (Å²) in [5.74, 6) is 1.24. The molecule has 28 heavy (non-hydrogen) atoms. The number of amides is 1. The molecule has 2 aromatic rings. The first-order chi connectivity index (χ1) is 13.6. The van der Waals surface area contributed by atoms with E-state index in [4.69, 9.17) is 14.2 Å². The molecule has 1 aliphatic rings. The van der Waals surface area contributed by atoms with E-state index in [1.54, 1.807) is 24.5 Å². The molecule has 150 valence electrons. The highest BCUT2D eigenvalue weighted by atomic mass is 16.5. The van der Waals surface area contributed by atoms with Gasteiger partial charge < -0.3 is 24.2 Å². The predicted octanol–water partition coefficient (Wildman–Crippen LogP) is 2.27. The fraction of sp³-hybridized carbons (Fsp3) is 0.429. The van der Waals surface area contributed by atoms with Gasteiger partial charge >= 0.3 is 0 Å². The van der Waals surface area contributed by atoms with E-state index in [0.717, 1.165) is 12.0 Å². The highest BCUT2D eigenvalue weighted by Gasteiger charge is 2.41. The van der Waals surface area contributed by atoms with Crippen LogP contribution in [0.2, 0.25) is 0 Å². The number of likely N-dealkylation sites (tertiary alicyclic amines) is 1. The van der Waals surface area contributed by atoms with Crippen molar-refractivity contribution in [3.63, 3.8) is 0 Å². The van der Waals surface area contributed by atoms with Crippen LogP contribution in [0.3, 0.4) is 0 Å². The molecule has 0 aliphatic carbocycles. The molecule has 7 heteroatoms. The van der Waals surface area contributed by atoms with Gasteiger partial charge in [0.15, 0.2) is 11.5 Å². The molecule has 1 saturated heterocycles. The standard InChI is InChI=1S/C21H26N2O5/c1-26-17-12-15(13-18(27-2)19(17)28-3)20(25)23-10-6-21(14-23,7-11-24)16-4-8-22-9-5-16/h4-5,8-9,12-13,24H,6-7,10-11,14H2,1-3H3. The number of nitrogens with zero attached hydrogens (tertiary/aromatic N) is 2. The average Bonchev–Trinajstić information content (AvgIpc) is 3.18. The van der Waals surface area contributed by atoms with Crippen molar-refractivity contribution in [1.82, 2.24) is 9.88 Å². The van der Waals surface area contributed by atoms with E-state index in [-0.39, 0.29) is 17.9 Å². The zero-order valence-corrected chi connectivity index (χ0v) is 16.5. The average molecular weight is 386 g/mol. The normalized spacial score (nSPS) is 18.8. The van der Waals surface area contributed by atoms with E-state index >= 15 is 0 Å². The van der Waals surface area contributed by atoms with Crippen molar-refractivity contribution in [3.8, 4) is 17.2 Å². The second kappa shape index (κ2) is 8.48. The van der Waals surface area contributed by atoms with Crippen molar-refractivity contribution >= 4 is 5.91 Å². The number of methoxy groups -OCH3 is 3. The van der Waals surface area contributed by atoms with Gasteiger partial charge in [0.25, 0.3) is 5.91 Å². The van der Waals surface area contributed by atoms with Crippen molar-refractivity contribution in [2.75, 3.05) is 41.0 Å². The molecular formula is C21H26N2O5. The van der Waals surface area contributed by atoms with Gasteiger partial charge in [-0.2, -0.15) is 0 Å². The molecule has 1 fully saturated rings. The van der Waals surface area contributed by atoms with Gasteiger partial charge in [0.2, 0.25) is 5.75 Å². The Hall–Kier alpha value is -2.80. The maximum Gasteiger partial charge on any atom is 0.254 e. The number of hydrogen-bond acceptors (Lipinski definition) is 6. The molecule has 0 saturated carbocycles. The third kappa shape index (κ3) is 3.62. The van der Waals surface area contributed by atoms with E-state index in [2.05, 4.69) is 4.98 Å². The number of benzene rings is 1. The summed E-state index contributed by atoms with van der Waals surface area (Å²) in [6.45, 7) is 1.21. The number of rotatable bonds is 7. The minimum atomic E-state index is -0.270. The molecule has 3 rings (SSSR count). The minimum absolute atomic E-state index is 0.0640. The van der Waals surface area contributed by atoms with E-state index in [9.17, 15) is 9.90 Å². The molecule has 1 aromatic heterocycles. The Balaban J connectivity index is 1.90. The van der Waals surface area contributed by atoms with Crippen molar-refractivity contribution in [1.29, 1.82) is 0 Å². The largest absolute Gasteiger partial charge is 0.493 e. The van der Waals surface area contributed by atoms with Crippen molar-refractivity contribution < 1.29 is 24.1 Å². The molecule has 2 heterocycles. The number of ether oxygens (including phenoxy) is 3. The fourth-order valence-electron chi connectivity index (χ4n) is 3.94. The van der Waals surface area contributed by atoms with Crippen molar-refractivity contribution in [2.45, 2.75) is 18.3 Å². The van der Waals surface area contributed by atoms with E-state index < -0.39 is 0 Å². The van der Waals surface area contributed by atoms with Gasteiger partial charge in [-0.3, -0.25) is 9.78 Å². The lowest BCUT2D eigenvalue weighted by Gasteiger charge is -2.29. The lowest BCUT2D eigenvalue weighted by molar-refractivity contribution is 0.0778. The maximum atomic E-state index is 13.2. The van der Waals surface area contributed by atoms with Crippen LogP contribution in [0.4, 0.5) is 0 Å². The molecule has 0 radical (unpaired) electrons. The van der Waals surface area contributed by atoms with Gasteiger partial charge in [0.05, 0.1) is 21.3 Å². The van der Waals surface area contributed by atoms with Crippen LogP contribution >= 0.6 is 0 Å². The molecule has 1 atom stereocenters. The summed E-state index contributed by atoms with van der Waals surface area (Å²) in [4.78, 5) is 19.1. The van der Waals surface area contributed by atoms with Gasteiger partial charge in [-0.25, -0.2) is 0 Å². The van der Waals surface area contributed by atoms with Crippen molar-refractivity contribution in [3.05, 3.63) is 47.8 Å². The first-order valence-corrected chi connectivity index (χ1v) is 9.19. The summed E-state index contributed by atoms with van der Waals surface area (Å²) in [5, 5.41) is 9.62. The van der Waals surface area contributed by atoms with Crippen LogP contribution in [0.25, 0.3) is 0 Å². The number of carbonyl (C=O) groups excluding carboxylic acids is 1. The zero-order chi connectivity index (χ0) is 20.1. The Bertz CT molecular complexity index is 802. The van der Waals surface area contributed by atoms with E-state index in [1.165, 1.54) is 21.3 Å². The number of aliphatic hydroxyl groups is 1. The maximum absolute atomic E-state index is 13.2. The smallest absolute Gasteiger partial charge is 0.254 e. The molecule has 1 aromatic carbocycles. The summed E-state index contributed by atoms with van der Waals surface area (Å²) in [7, 11) is 4.58. The van der Waals surface area contributed by atoms with Gasteiger partial charge in [0.1, 0.15) is 0 Å². The molecule has 0 spiro atoms. The third-order valence-electron chi connectivity index (χ3n) is 5.44. The Kier molecular flexibility index (Phi) is 6.04. The third-order valence-corrected chi connectivity index (χ3v) is 5.44. The van der Waals surface area contributed by atoms with Crippen LogP contribution in [0.15, 0.2) is 36.7 Å². The summed E-state index contributed by atoms with van der Waals surface area (Å²) in [6, 6.07) is 7.26. The highest BCUT2D eigenvalue weighted by molar-refractivity contribution is 5.96. The monoisotopic (exact) mass is 386 g/mol. The number of pyridine rings is 1. The number of carbonyl (C=O) groups is 1. The SMILES string of the molecule is COc1cc(C(=O)N2CCC(CCO)(c3ccncc3)C2)cc(OC)c1OC. The zero-order valence-electron chi connectivity index (χ0n) is 16.5. The number of aliphatic hydroxyl groups excluding tert-OH is 1. The second-order valence-corrected chi connectivity index (χ2v) is 6.88. The Labute approximate surface area is 164 Å². The first-order valence-electron chi connectivity index (χ1n) is 9.19. The Morgan fingerprint density at radius 1 is 1.14 bits per heavy atom. The highest BCUT2D eigenvalue weighted by Crippen LogP contribution is 2.41. The molecule has 7 nitrogen and oxygen atoms in total. The fourth-order valence-corrected chi connectivity index (χ4v) is 3.94. The number of hydrogen-bond donors (Lipinski definition) is 1. The Morgan fingerprint density at radius 2 is 1.79 bits per heavy atom. The van der Waals surface area contributed by atoms with Crippen LogP contribution < -0.4 is 14.2 Å². The van der Waals surface area contributed by atoms with Gasteiger partial charge in [0, 0.05) is 43.1 Å². The molecule has 1 unspecified atom stereocenters. The molecule has 1 aliphatic heterocycles.